The first-order valence-electron chi connectivity index (χ1n) is 4.59. The second-order valence-corrected chi connectivity index (χ2v) is 3.27. The number of nitrogens with two attached hydrogens (primary N) is 1. The minimum Gasteiger partial charge on any atom is -0.493 e. The van der Waals surface area contributed by atoms with Gasteiger partial charge in [0.2, 0.25) is 5.88 Å². The van der Waals surface area contributed by atoms with Crippen molar-refractivity contribution in [1.29, 1.82) is 0 Å². The maximum atomic E-state index is 9.37. The molecule has 0 bridgehead atoms. The minimum atomic E-state index is 0.0686. The Kier molecular flexibility index (Phi) is 2.00. The van der Waals surface area contributed by atoms with Crippen molar-refractivity contribution in [3.05, 3.63) is 29.8 Å². The molecule has 0 atom stereocenters. The zero-order valence-corrected chi connectivity index (χ0v) is 7.99. The van der Waals surface area contributed by atoms with Crippen molar-refractivity contribution in [3.63, 3.8) is 0 Å². The summed E-state index contributed by atoms with van der Waals surface area (Å²) >= 11 is 0. The third-order valence-electron chi connectivity index (χ3n) is 2.29. The van der Waals surface area contributed by atoms with Crippen LogP contribution in [0.4, 0.5) is 5.69 Å². The predicted octanol–water partition coefficient (Wildman–Crippen LogP) is 2.08. The van der Waals surface area contributed by atoms with E-state index in [1.165, 1.54) is 0 Å². The zero-order valence-electron chi connectivity index (χ0n) is 7.99. The topological polar surface area (TPSA) is 59.1 Å². The average Bonchev–Trinajstić information content (AvgIpc) is 2.17. The van der Waals surface area contributed by atoms with E-state index in [9.17, 15) is 5.11 Å². The first kappa shape index (κ1) is 8.81. The summed E-state index contributed by atoms with van der Waals surface area (Å²) in [7, 11) is 0. The smallest absolute Gasteiger partial charge is 0.211 e. The minimum absolute atomic E-state index is 0.0686. The van der Waals surface area contributed by atoms with E-state index < -0.39 is 0 Å². The Morgan fingerprint density at radius 2 is 2.14 bits per heavy atom. The number of rotatable bonds is 1. The Hall–Kier alpha value is -1.77. The number of nitrogens with zero attached hydrogens (tertiary/aromatic N) is 1. The van der Waals surface area contributed by atoms with Crippen LogP contribution in [-0.4, -0.2) is 10.1 Å². The van der Waals surface area contributed by atoms with E-state index >= 15 is 0 Å². The second-order valence-electron chi connectivity index (χ2n) is 3.27. The Bertz CT molecular complexity index is 480. The molecule has 3 nitrogen and oxygen atoms in total. The molecule has 1 heterocycles. The summed E-state index contributed by atoms with van der Waals surface area (Å²) in [6.45, 7) is 2.04. The van der Waals surface area contributed by atoms with Crippen molar-refractivity contribution in [1.82, 2.24) is 4.98 Å². The molecule has 1 aromatic heterocycles. The molecule has 3 N–H and O–H groups in total. The number of aromatic hydroxyl groups is 1. The number of aromatic nitrogens is 1. The Labute approximate surface area is 82.2 Å². The monoisotopic (exact) mass is 188 g/mol. The van der Waals surface area contributed by atoms with Crippen LogP contribution in [0.2, 0.25) is 0 Å². The molecule has 0 saturated carbocycles. The van der Waals surface area contributed by atoms with Crippen molar-refractivity contribution < 1.29 is 5.11 Å². The summed E-state index contributed by atoms with van der Waals surface area (Å²) in [6.07, 6.45) is 0.857. The molecule has 3 heteroatoms. The highest BCUT2D eigenvalue weighted by atomic mass is 16.3. The summed E-state index contributed by atoms with van der Waals surface area (Å²) in [5.74, 6) is 0.0686. The van der Waals surface area contributed by atoms with Crippen molar-refractivity contribution in [2.24, 2.45) is 0 Å². The van der Waals surface area contributed by atoms with Crippen molar-refractivity contribution >= 4 is 16.6 Å². The lowest BCUT2D eigenvalue weighted by Crippen LogP contribution is -1.90. The van der Waals surface area contributed by atoms with Gasteiger partial charge in [-0.05, 0) is 30.2 Å². The van der Waals surface area contributed by atoms with Crippen LogP contribution >= 0.6 is 0 Å². The maximum absolute atomic E-state index is 9.37. The van der Waals surface area contributed by atoms with Crippen LogP contribution in [0.5, 0.6) is 5.88 Å². The van der Waals surface area contributed by atoms with Gasteiger partial charge in [-0.1, -0.05) is 6.92 Å². The number of aryl methyl sites for hydroxylation is 1. The molecule has 0 amide bonds. The largest absolute Gasteiger partial charge is 0.493 e. The lowest BCUT2D eigenvalue weighted by atomic mass is 10.1. The maximum Gasteiger partial charge on any atom is 0.211 e. The lowest BCUT2D eigenvalue weighted by molar-refractivity contribution is 0.455. The third-order valence-corrected chi connectivity index (χ3v) is 2.29. The van der Waals surface area contributed by atoms with Crippen molar-refractivity contribution in [2.45, 2.75) is 13.3 Å². The molecule has 0 radical (unpaired) electrons. The second kappa shape index (κ2) is 3.18. The molecule has 14 heavy (non-hydrogen) atoms. The van der Waals surface area contributed by atoms with E-state index in [-0.39, 0.29) is 5.88 Å². The average molecular weight is 188 g/mol. The fourth-order valence-corrected chi connectivity index (χ4v) is 1.59. The van der Waals surface area contributed by atoms with Gasteiger partial charge in [0.25, 0.3) is 0 Å². The zero-order chi connectivity index (χ0) is 10.1. The molecule has 0 aliphatic carbocycles. The summed E-state index contributed by atoms with van der Waals surface area (Å²) in [5.41, 5.74) is 8.27. The molecule has 0 aliphatic heterocycles. The molecule has 0 unspecified atom stereocenters. The number of benzene rings is 1. The Morgan fingerprint density at radius 1 is 1.36 bits per heavy atom. The lowest BCUT2D eigenvalue weighted by Gasteiger charge is -2.05. The van der Waals surface area contributed by atoms with Crippen molar-refractivity contribution in [3.8, 4) is 5.88 Å². The number of nitrogen functional groups attached to an aromatic ring is 1. The fraction of sp³-hybridized carbons (Fsp3) is 0.182. The SMILES string of the molecule is CCc1cc(O)nc2ccc(N)cc12. The molecule has 0 aliphatic rings. The molecule has 2 aromatic rings. The van der Waals surface area contributed by atoms with Crippen LogP contribution in [0.15, 0.2) is 24.3 Å². The highest BCUT2D eigenvalue weighted by Crippen LogP contribution is 2.23. The number of hydrogen-bond acceptors (Lipinski definition) is 3. The van der Waals surface area contributed by atoms with Crippen LogP contribution in [-0.2, 0) is 6.42 Å². The van der Waals surface area contributed by atoms with Gasteiger partial charge in [-0.15, -0.1) is 0 Å². The van der Waals surface area contributed by atoms with Crippen LogP contribution < -0.4 is 5.73 Å². The Balaban J connectivity index is 2.81. The van der Waals surface area contributed by atoms with Gasteiger partial charge in [0.1, 0.15) is 0 Å². The van der Waals surface area contributed by atoms with Crippen LogP contribution in [0.1, 0.15) is 12.5 Å². The molecular weight excluding hydrogens is 176 g/mol. The summed E-state index contributed by atoms with van der Waals surface area (Å²) in [6, 6.07) is 7.18. The van der Waals surface area contributed by atoms with E-state index in [1.807, 2.05) is 19.1 Å². The number of anilines is 1. The molecule has 2 rings (SSSR count). The Morgan fingerprint density at radius 3 is 2.86 bits per heavy atom. The highest BCUT2D eigenvalue weighted by molar-refractivity contribution is 5.85. The van der Waals surface area contributed by atoms with Crippen molar-refractivity contribution in [2.75, 3.05) is 5.73 Å². The number of fused-ring (bicyclic) bond motifs is 1. The van der Waals surface area contributed by atoms with Gasteiger partial charge in [0.15, 0.2) is 0 Å². The molecule has 0 saturated heterocycles. The van der Waals surface area contributed by atoms with Gasteiger partial charge in [0.05, 0.1) is 5.52 Å². The quantitative estimate of drug-likeness (QED) is 0.673. The van der Waals surface area contributed by atoms with Gasteiger partial charge in [0, 0.05) is 17.1 Å². The van der Waals surface area contributed by atoms with E-state index in [2.05, 4.69) is 4.98 Å². The van der Waals surface area contributed by atoms with Crippen LogP contribution in [0.3, 0.4) is 0 Å². The summed E-state index contributed by atoms with van der Waals surface area (Å²) in [5, 5.41) is 10.4. The van der Waals surface area contributed by atoms with Gasteiger partial charge < -0.3 is 10.8 Å². The molecule has 72 valence electrons. The standard InChI is InChI=1S/C11H12N2O/c1-2-7-5-11(14)13-10-4-3-8(12)6-9(7)10/h3-6H,2,12H2,1H3,(H,13,14). The predicted molar refractivity (Wildman–Crippen MR) is 57.2 cm³/mol. The first-order chi connectivity index (χ1) is 6.70. The number of pyridine rings is 1. The summed E-state index contributed by atoms with van der Waals surface area (Å²) < 4.78 is 0. The van der Waals surface area contributed by atoms with E-state index in [1.54, 1.807) is 12.1 Å². The fourth-order valence-electron chi connectivity index (χ4n) is 1.59. The molecule has 0 fully saturated rings. The first-order valence-corrected chi connectivity index (χ1v) is 4.59. The molecular formula is C11H12N2O. The summed E-state index contributed by atoms with van der Waals surface area (Å²) in [4.78, 5) is 4.03. The normalized spacial score (nSPS) is 10.6. The molecule has 1 aromatic carbocycles. The third kappa shape index (κ3) is 1.37. The number of hydrogen-bond donors (Lipinski definition) is 2. The van der Waals surface area contributed by atoms with Gasteiger partial charge >= 0.3 is 0 Å². The highest BCUT2D eigenvalue weighted by Gasteiger charge is 2.03. The van der Waals surface area contributed by atoms with E-state index in [0.717, 1.165) is 28.6 Å². The van der Waals surface area contributed by atoms with E-state index in [4.69, 9.17) is 5.73 Å². The molecule has 0 spiro atoms. The van der Waals surface area contributed by atoms with Gasteiger partial charge in [-0.25, -0.2) is 4.98 Å². The van der Waals surface area contributed by atoms with Crippen LogP contribution in [0, 0.1) is 0 Å². The van der Waals surface area contributed by atoms with Gasteiger partial charge in [-0.3, -0.25) is 0 Å². The van der Waals surface area contributed by atoms with Gasteiger partial charge in [-0.2, -0.15) is 0 Å². The van der Waals surface area contributed by atoms with E-state index in [0.29, 0.717) is 0 Å². The van der Waals surface area contributed by atoms with Crippen LogP contribution in [0.25, 0.3) is 10.9 Å².